The molecule has 96 valence electrons. The van der Waals surface area contributed by atoms with Crippen LogP contribution in [0.25, 0.3) is 0 Å². The fraction of sp³-hybridized carbons (Fsp3) is 0.846. The number of carbonyl (C=O) groups excluding carboxylic acids is 1. The molecule has 1 saturated carbocycles. The lowest BCUT2D eigenvalue weighted by molar-refractivity contribution is -0.137. The summed E-state index contributed by atoms with van der Waals surface area (Å²) in [6.07, 6.45) is 5.68. The van der Waals surface area contributed by atoms with E-state index in [0.717, 1.165) is 18.8 Å². The summed E-state index contributed by atoms with van der Waals surface area (Å²) in [6.45, 7) is 2.20. The van der Waals surface area contributed by atoms with Gasteiger partial charge in [-0.05, 0) is 25.2 Å². The molecule has 0 heterocycles. The molecule has 0 aliphatic heterocycles. The van der Waals surface area contributed by atoms with Gasteiger partial charge in [0, 0.05) is 5.25 Å². The van der Waals surface area contributed by atoms with Gasteiger partial charge in [-0.15, -0.1) is 11.8 Å². The smallest absolute Gasteiger partial charge is 0.315 e. The van der Waals surface area contributed by atoms with Crippen LogP contribution in [0.3, 0.4) is 0 Å². The Balaban J connectivity index is 2.46. The molecule has 3 unspecified atom stereocenters. The summed E-state index contributed by atoms with van der Waals surface area (Å²) in [7, 11) is 1.41. The van der Waals surface area contributed by atoms with Crippen LogP contribution in [0, 0.1) is 23.2 Å². The Kier molecular flexibility index (Phi) is 6.43. The van der Waals surface area contributed by atoms with Gasteiger partial charge in [0.25, 0.3) is 0 Å². The summed E-state index contributed by atoms with van der Waals surface area (Å²) in [5.74, 6) is 1.03. The summed E-state index contributed by atoms with van der Waals surface area (Å²) >= 11 is 1.60. The van der Waals surface area contributed by atoms with Gasteiger partial charge in [-0.1, -0.05) is 19.8 Å². The van der Waals surface area contributed by atoms with Crippen LogP contribution in [0.4, 0.5) is 0 Å². The zero-order valence-electron chi connectivity index (χ0n) is 10.6. The molecule has 17 heavy (non-hydrogen) atoms. The second-order valence-electron chi connectivity index (χ2n) is 4.63. The number of hydrogen-bond acceptors (Lipinski definition) is 4. The normalized spacial score (nSPS) is 28.4. The summed E-state index contributed by atoms with van der Waals surface area (Å²) in [4.78, 5) is 11.1. The number of rotatable bonds is 5. The van der Waals surface area contributed by atoms with Crippen molar-refractivity contribution < 1.29 is 9.53 Å². The van der Waals surface area contributed by atoms with Gasteiger partial charge in [0.05, 0.1) is 24.8 Å². The van der Waals surface area contributed by atoms with E-state index in [0.29, 0.717) is 11.0 Å². The topological polar surface area (TPSA) is 50.1 Å². The van der Waals surface area contributed by atoms with E-state index in [4.69, 9.17) is 5.26 Å². The first kappa shape index (κ1) is 14.4. The molecular weight excluding hydrogens is 234 g/mol. The fourth-order valence-electron chi connectivity index (χ4n) is 2.45. The Morgan fingerprint density at radius 1 is 1.53 bits per heavy atom. The molecule has 0 N–H and O–H groups in total. The average molecular weight is 255 g/mol. The number of esters is 1. The van der Waals surface area contributed by atoms with Crippen molar-refractivity contribution in [3.8, 4) is 6.07 Å². The van der Waals surface area contributed by atoms with Gasteiger partial charge in [-0.25, -0.2) is 0 Å². The Hall–Kier alpha value is -0.690. The maximum Gasteiger partial charge on any atom is 0.315 e. The Morgan fingerprint density at radius 3 is 2.88 bits per heavy atom. The van der Waals surface area contributed by atoms with Gasteiger partial charge in [-0.3, -0.25) is 4.79 Å². The first-order valence-electron chi connectivity index (χ1n) is 6.29. The van der Waals surface area contributed by atoms with Crippen molar-refractivity contribution in [1.82, 2.24) is 0 Å². The van der Waals surface area contributed by atoms with Crippen molar-refractivity contribution in [2.75, 3.05) is 12.9 Å². The van der Waals surface area contributed by atoms with Crippen LogP contribution < -0.4 is 0 Å². The summed E-state index contributed by atoms with van der Waals surface area (Å²) in [6, 6.07) is 2.39. The van der Waals surface area contributed by atoms with Crippen molar-refractivity contribution in [3.05, 3.63) is 0 Å². The summed E-state index contributed by atoms with van der Waals surface area (Å²) in [5, 5.41) is 9.43. The monoisotopic (exact) mass is 255 g/mol. The molecule has 1 rings (SSSR count). The van der Waals surface area contributed by atoms with Crippen LogP contribution in [0.15, 0.2) is 0 Å². The number of methoxy groups -OCH3 is 1. The molecule has 1 aliphatic rings. The zero-order chi connectivity index (χ0) is 12.7. The van der Waals surface area contributed by atoms with E-state index in [9.17, 15) is 4.79 Å². The highest BCUT2D eigenvalue weighted by Crippen LogP contribution is 2.38. The van der Waals surface area contributed by atoms with Crippen molar-refractivity contribution >= 4 is 17.7 Å². The lowest BCUT2D eigenvalue weighted by atomic mass is 9.80. The molecule has 1 aliphatic carbocycles. The Morgan fingerprint density at radius 2 is 2.29 bits per heavy atom. The highest BCUT2D eigenvalue weighted by atomic mass is 32.2. The minimum absolute atomic E-state index is 0.109. The van der Waals surface area contributed by atoms with E-state index >= 15 is 0 Å². The quantitative estimate of drug-likeness (QED) is 0.709. The molecule has 0 aromatic heterocycles. The van der Waals surface area contributed by atoms with E-state index < -0.39 is 0 Å². The highest BCUT2D eigenvalue weighted by molar-refractivity contribution is 8.00. The molecule has 4 heteroatoms. The Labute approximate surface area is 108 Å². The highest BCUT2D eigenvalue weighted by Gasteiger charge is 2.30. The predicted molar refractivity (Wildman–Crippen MR) is 69.6 cm³/mol. The van der Waals surface area contributed by atoms with Gasteiger partial charge in [-0.2, -0.15) is 5.26 Å². The van der Waals surface area contributed by atoms with Crippen LogP contribution in [0.1, 0.15) is 39.0 Å². The van der Waals surface area contributed by atoms with E-state index in [1.165, 1.54) is 26.4 Å². The van der Waals surface area contributed by atoms with Crippen molar-refractivity contribution in [1.29, 1.82) is 5.26 Å². The molecule has 0 saturated heterocycles. The third-order valence-corrected chi connectivity index (χ3v) is 4.76. The van der Waals surface area contributed by atoms with Gasteiger partial charge < -0.3 is 4.74 Å². The number of hydrogen-bond donors (Lipinski definition) is 0. The minimum Gasteiger partial charge on any atom is -0.468 e. The molecular formula is C13H21NO2S. The van der Waals surface area contributed by atoms with Crippen LogP contribution in [-0.4, -0.2) is 24.1 Å². The van der Waals surface area contributed by atoms with Crippen LogP contribution in [0.2, 0.25) is 0 Å². The van der Waals surface area contributed by atoms with Crippen molar-refractivity contribution in [2.24, 2.45) is 11.8 Å². The maximum absolute atomic E-state index is 11.1. The third-order valence-electron chi connectivity index (χ3n) is 3.41. The number of ether oxygens (including phenoxy) is 1. The zero-order valence-corrected chi connectivity index (χ0v) is 11.5. The molecule has 0 bridgehead atoms. The number of thioether (sulfide) groups is 1. The predicted octanol–water partition coefficient (Wildman–Crippen LogP) is 3.00. The molecule has 1 fully saturated rings. The molecule has 0 aromatic rings. The second-order valence-corrected chi connectivity index (χ2v) is 5.86. The number of carbonyl (C=O) groups is 1. The number of nitriles is 1. The van der Waals surface area contributed by atoms with E-state index in [1.54, 1.807) is 11.8 Å². The van der Waals surface area contributed by atoms with Crippen LogP contribution >= 0.6 is 11.8 Å². The average Bonchev–Trinajstić information content (AvgIpc) is 2.36. The minimum atomic E-state index is -0.190. The molecule has 3 nitrogen and oxygen atoms in total. The van der Waals surface area contributed by atoms with Crippen molar-refractivity contribution in [3.63, 3.8) is 0 Å². The summed E-state index contributed by atoms with van der Waals surface area (Å²) < 4.78 is 4.64. The maximum atomic E-state index is 11.1. The van der Waals surface area contributed by atoms with E-state index in [2.05, 4.69) is 17.7 Å². The van der Waals surface area contributed by atoms with E-state index in [-0.39, 0.29) is 11.9 Å². The Bertz CT molecular complexity index is 288. The largest absolute Gasteiger partial charge is 0.468 e. The SMILES string of the molecule is CCCC1CCC(C#N)C(SCC(=O)OC)C1. The van der Waals surface area contributed by atoms with E-state index in [1.807, 2.05) is 0 Å². The van der Waals surface area contributed by atoms with Gasteiger partial charge in [0.1, 0.15) is 0 Å². The first-order valence-corrected chi connectivity index (χ1v) is 7.34. The molecule has 0 aromatic carbocycles. The summed E-state index contributed by atoms with van der Waals surface area (Å²) in [5.41, 5.74) is 0. The number of nitrogens with zero attached hydrogens (tertiary/aromatic N) is 1. The standard InChI is InChI=1S/C13H21NO2S/c1-3-4-10-5-6-11(8-14)12(7-10)17-9-13(15)16-2/h10-12H,3-7,9H2,1-2H3. The fourth-order valence-corrected chi connectivity index (χ4v) is 3.75. The van der Waals surface area contributed by atoms with Gasteiger partial charge in [0.2, 0.25) is 0 Å². The molecule has 3 atom stereocenters. The van der Waals surface area contributed by atoms with Crippen molar-refractivity contribution in [2.45, 2.75) is 44.3 Å². The lowest BCUT2D eigenvalue weighted by Gasteiger charge is -2.32. The molecule has 0 radical (unpaired) electrons. The van der Waals surface area contributed by atoms with Crippen LogP contribution in [-0.2, 0) is 9.53 Å². The van der Waals surface area contributed by atoms with Gasteiger partial charge in [0.15, 0.2) is 0 Å². The lowest BCUT2D eigenvalue weighted by Crippen LogP contribution is -2.27. The first-order chi connectivity index (χ1) is 8.21. The third kappa shape index (κ3) is 4.59. The second kappa shape index (κ2) is 7.60. The molecule has 0 spiro atoms. The van der Waals surface area contributed by atoms with Crippen LogP contribution in [0.5, 0.6) is 0 Å². The van der Waals surface area contributed by atoms with Gasteiger partial charge >= 0.3 is 5.97 Å². The molecule has 0 amide bonds.